The summed E-state index contributed by atoms with van der Waals surface area (Å²) in [7, 11) is 1.85. The number of methoxy groups -OCH3 is 1. The Morgan fingerprint density at radius 2 is 1.50 bits per heavy atom. The fourth-order valence-electron chi connectivity index (χ4n) is 3.97. The maximum Gasteiger partial charge on any atom is 0.0631 e. The van der Waals surface area contributed by atoms with Crippen LogP contribution in [0.1, 0.15) is 64.7 Å². The van der Waals surface area contributed by atoms with Crippen LogP contribution < -0.4 is 0 Å². The maximum atomic E-state index is 6.15. The van der Waals surface area contributed by atoms with Gasteiger partial charge in [-0.3, -0.25) is 0 Å². The van der Waals surface area contributed by atoms with Gasteiger partial charge in [0, 0.05) is 13.7 Å². The Morgan fingerprint density at radius 1 is 0.889 bits per heavy atom. The summed E-state index contributed by atoms with van der Waals surface area (Å²) in [5.41, 5.74) is 0. The second kappa shape index (κ2) is 7.49. The van der Waals surface area contributed by atoms with E-state index >= 15 is 0 Å². The highest BCUT2D eigenvalue weighted by Crippen LogP contribution is 2.37. The molecular weight excluding hydrogens is 224 g/mol. The summed E-state index contributed by atoms with van der Waals surface area (Å²) in [4.78, 5) is 0. The number of hydrogen-bond acceptors (Lipinski definition) is 2. The normalized spacial score (nSPS) is 32.3. The molecule has 106 valence electrons. The van der Waals surface area contributed by atoms with Gasteiger partial charge in [0.15, 0.2) is 0 Å². The van der Waals surface area contributed by atoms with E-state index in [1.165, 1.54) is 57.8 Å². The van der Waals surface area contributed by atoms with Gasteiger partial charge in [-0.2, -0.15) is 0 Å². The lowest BCUT2D eigenvalue weighted by Crippen LogP contribution is -2.36. The molecule has 0 bridgehead atoms. The third-order valence-corrected chi connectivity index (χ3v) is 4.99. The van der Waals surface area contributed by atoms with Gasteiger partial charge in [0.2, 0.25) is 0 Å². The SMILES string of the molecule is CCOC(C1CCCCC1)C1CCC(OC)CC1. The fourth-order valence-corrected chi connectivity index (χ4v) is 3.97. The molecule has 0 aromatic heterocycles. The van der Waals surface area contributed by atoms with Crippen molar-refractivity contribution < 1.29 is 9.47 Å². The maximum absolute atomic E-state index is 6.15. The van der Waals surface area contributed by atoms with Crippen LogP contribution in [0.15, 0.2) is 0 Å². The molecule has 0 N–H and O–H groups in total. The lowest BCUT2D eigenvalue weighted by atomic mass is 9.74. The summed E-state index contributed by atoms with van der Waals surface area (Å²) < 4.78 is 11.6. The van der Waals surface area contributed by atoms with Gasteiger partial charge in [-0.05, 0) is 57.3 Å². The van der Waals surface area contributed by atoms with Crippen molar-refractivity contribution in [2.24, 2.45) is 11.8 Å². The molecule has 2 aliphatic rings. The molecule has 2 aliphatic carbocycles. The second-order valence-corrected chi connectivity index (χ2v) is 6.09. The molecule has 2 nitrogen and oxygen atoms in total. The average molecular weight is 254 g/mol. The second-order valence-electron chi connectivity index (χ2n) is 6.09. The molecule has 0 amide bonds. The Balaban J connectivity index is 1.88. The van der Waals surface area contributed by atoms with Gasteiger partial charge < -0.3 is 9.47 Å². The summed E-state index contributed by atoms with van der Waals surface area (Å²) >= 11 is 0. The van der Waals surface area contributed by atoms with Gasteiger partial charge in [0.1, 0.15) is 0 Å². The average Bonchev–Trinajstić information content (AvgIpc) is 2.46. The highest BCUT2D eigenvalue weighted by atomic mass is 16.5. The highest BCUT2D eigenvalue weighted by molar-refractivity contribution is 4.84. The zero-order valence-electron chi connectivity index (χ0n) is 12.2. The van der Waals surface area contributed by atoms with E-state index in [2.05, 4.69) is 6.92 Å². The van der Waals surface area contributed by atoms with Crippen molar-refractivity contribution in [1.29, 1.82) is 0 Å². The van der Waals surface area contributed by atoms with E-state index in [-0.39, 0.29) is 0 Å². The largest absolute Gasteiger partial charge is 0.381 e. The smallest absolute Gasteiger partial charge is 0.0631 e. The predicted octanol–water partition coefficient (Wildman–Crippen LogP) is 4.18. The van der Waals surface area contributed by atoms with Crippen LogP contribution in [0.25, 0.3) is 0 Å². The van der Waals surface area contributed by atoms with Crippen molar-refractivity contribution in [3.8, 4) is 0 Å². The van der Waals surface area contributed by atoms with E-state index in [1.54, 1.807) is 0 Å². The lowest BCUT2D eigenvalue weighted by molar-refractivity contribution is -0.0553. The van der Waals surface area contributed by atoms with Crippen molar-refractivity contribution >= 4 is 0 Å². The molecule has 0 saturated heterocycles. The van der Waals surface area contributed by atoms with E-state index in [9.17, 15) is 0 Å². The van der Waals surface area contributed by atoms with E-state index in [4.69, 9.17) is 9.47 Å². The number of ether oxygens (including phenoxy) is 2. The van der Waals surface area contributed by atoms with Gasteiger partial charge >= 0.3 is 0 Å². The van der Waals surface area contributed by atoms with Crippen LogP contribution in [0.5, 0.6) is 0 Å². The molecule has 0 spiro atoms. The van der Waals surface area contributed by atoms with Crippen LogP contribution in [0.2, 0.25) is 0 Å². The minimum atomic E-state index is 0.509. The minimum absolute atomic E-state index is 0.509. The Kier molecular flexibility index (Phi) is 5.97. The zero-order valence-corrected chi connectivity index (χ0v) is 12.2. The molecule has 1 atom stereocenters. The summed E-state index contributed by atoms with van der Waals surface area (Å²) in [6.07, 6.45) is 13.2. The minimum Gasteiger partial charge on any atom is -0.381 e. The molecule has 2 rings (SSSR count). The molecule has 0 radical (unpaired) electrons. The molecule has 2 heteroatoms. The van der Waals surface area contributed by atoms with E-state index in [1.807, 2.05) is 7.11 Å². The van der Waals surface area contributed by atoms with Crippen molar-refractivity contribution in [3.63, 3.8) is 0 Å². The molecule has 0 aliphatic heterocycles. The molecule has 2 fully saturated rings. The first-order chi connectivity index (χ1) is 8.85. The standard InChI is InChI=1S/C16H30O2/c1-3-18-16(13-7-5-4-6-8-13)14-9-11-15(17-2)12-10-14/h13-16H,3-12H2,1-2H3. The van der Waals surface area contributed by atoms with Crippen LogP contribution in [0.4, 0.5) is 0 Å². The predicted molar refractivity (Wildman–Crippen MR) is 74.7 cm³/mol. The highest BCUT2D eigenvalue weighted by Gasteiger charge is 2.33. The third-order valence-electron chi connectivity index (χ3n) is 4.99. The number of hydrogen-bond donors (Lipinski definition) is 0. The fraction of sp³-hybridized carbons (Fsp3) is 1.00. The third kappa shape index (κ3) is 3.71. The Labute approximate surface area is 112 Å². The molecule has 0 aromatic rings. The van der Waals surface area contributed by atoms with Crippen LogP contribution in [0.3, 0.4) is 0 Å². The first-order valence-corrected chi connectivity index (χ1v) is 7.99. The molecule has 2 saturated carbocycles. The van der Waals surface area contributed by atoms with Crippen molar-refractivity contribution in [1.82, 2.24) is 0 Å². The lowest BCUT2D eigenvalue weighted by Gasteiger charge is -2.38. The van der Waals surface area contributed by atoms with Crippen LogP contribution in [-0.2, 0) is 9.47 Å². The van der Waals surface area contributed by atoms with Crippen molar-refractivity contribution in [3.05, 3.63) is 0 Å². The summed E-state index contributed by atoms with van der Waals surface area (Å²) in [5, 5.41) is 0. The van der Waals surface area contributed by atoms with Crippen LogP contribution >= 0.6 is 0 Å². The molecular formula is C16H30O2. The molecule has 0 aromatic carbocycles. The topological polar surface area (TPSA) is 18.5 Å². The monoisotopic (exact) mass is 254 g/mol. The van der Waals surface area contributed by atoms with Crippen LogP contribution in [0, 0.1) is 11.8 Å². The van der Waals surface area contributed by atoms with E-state index < -0.39 is 0 Å². The van der Waals surface area contributed by atoms with Gasteiger partial charge in [-0.1, -0.05) is 19.3 Å². The Bertz CT molecular complexity index is 215. The van der Waals surface area contributed by atoms with E-state index in [0.717, 1.165) is 18.4 Å². The molecule has 18 heavy (non-hydrogen) atoms. The molecule has 0 heterocycles. The van der Waals surface area contributed by atoms with Crippen molar-refractivity contribution in [2.75, 3.05) is 13.7 Å². The first kappa shape index (κ1) is 14.3. The van der Waals surface area contributed by atoms with Crippen molar-refractivity contribution in [2.45, 2.75) is 76.9 Å². The summed E-state index contributed by atoms with van der Waals surface area (Å²) in [6.45, 7) is 3.03. The van der Waals surface area contributed by atoms with E-state index in [0.29, 0.717) is 12.2 Å². The quantitative estimate of drug-likeness (QED) is 0.733. The van der Waals surface area contributed by atoms with Gasteiger partial charge in [-0.15, -0.1) is 0 Å². The molecule has 1 unspecified atom stereocenters. The summed E-state index contributed by atoms with van der Waals surface area (Å²) in [6, 6.07) is 0. The van der Waals surface area contributed by atoms with Gasteiger partial charge in [-0.25, -0.2) is 0 Å². The van der Waals surface area contributed by atoms with Gasteiger partial charge in [0.25, 0.3) is 0 Å². The Morgan fingerprint density at radius 3 is 2.06 bits per heavy atom. The Hall–Kier alpha value is -0.0800. The van der Waals surface area contributed by atoms with Crippen LogP contribution in [-0.4, -0.2) is 25.9 Å². The van der Waals surface area contributed by atoms with Gasteiger partial charge in [0.05, 0.1) is 12.2 Å². The first-order valence-electron chi connectivity index (χ1n) is 7.99. The number of rotatable bonds is 5. The zero-order chi connectivity index (χ0) is 12.8. The summed E-state index contributed by atoms with van der Waals surface area (Å²) in [5.74, 6) is 1.63.